The smallest absolute Gasteiger partial charge is 0.306 e. The molecule has 0 aliphatic carbocycles. The number of unbranched alkanes of at least 4 members (excludes halogenated alkanes) is 18. The Morgan fingerprint density at radius 3 is 1.51 bits per heavy atom. The second-order valence-corrected chi connectivity index (χ2v) is 12.6. The van der Waals surface area contributed by atoms with E-state index in [1.807, 2.05) is 0 Å². The molecule has 3 atom stereocenters. The Bertz CT molecular complexity index is 689. The van der Waals surface area contributed by atoms with Crippen molar-refractivity contribution in [1.29, 1.82) is 0 Å². The maximum Gasteiger partial charge on any atom is 0.306 e. The number of hydrogen-bond donors (Lipinski definition) is 4. The number of carbonyl (C=O) groups is 2. The topological polar surface area (TPSA) is 115 Å². The molecule has 3 unspecified atom stereocenters. The number of aliphatic hydroxyl groups excluding tert-OH is 2. The Morgan fingerprint density at radius 1 is 0.605 bits per heavy atom. The second-order valence-electron chi connectivity index (χ2n) is 12.6. The summed E-state index contributed by atoms with van der Waals surface area (Å²) in [5.74, 6) is -2.07. The Balaban J connectivity index is 4.16. The van der Waals surface area contributed by atoms with Gasteiger partial charge >= 0.3 is 11.9 Å². The van der Waals surface area contributed by atoms with E-state index < -0.39 is 24.0 Å². The SMILES string of the molecule is CCCCCCCCCCCCCC(CCCCC/C=C\C/C=C\CCCCCCCC(=O)O)C(CC(O)CO)C(=O)O. The summed E-state index contributed by atoms with van der Waals surface area (Å²) >= 11 is 0. The van der Waals surface area contributed by atoms with Gasteiger partial charge < -0.3 is 20.4 Å². The fourth-order valence-electron chi connectivity index (χ4n) is 5.90. The predicted molar refractivity (Wildman–Crippen MR) is 179 cm³/mol. The van der Waals surface area contributed by atoms with Gasteiger partial charge in [0.1, 0.15) is 0 Å². The molecule has 0 amide bonds. The van der Waals surface area contributed by atoms with Gasteiger partial charge in [-0.3, -0.25) is 9.59 Å². The zero-order valence-electron chi connectivity index (χ0n) is 27.7. The first-order chi connectivity index (χ1) is 20.9. The van der Waals surface area contributed by atoms with Gasteiger partial charge in [0, 0.05) is 6.42 Å². The van der Waals surface area contributed by atoms with Crippen molar-refractivity contribution in [1.82, 2.24) is 0 Å². The Morgan fingerprint density at radius 2 is 1.05 bits per heavy atom. The maximum atomic E-state index is 12.1. The number of carboxylic acids is 2. The van der Waals surface area contributed by atoms with Crippen LogP contribution in [0.5, 0.6) is 0 Å². The van der Waals surface area contributed by atoms with Crippen LogP contribution in [0.2, 0.25) is 0 Å². The molecule has 0 aliphatic rings. The lowest BCUT2D eigenvalue weighted by atomic mass is 9.80. The Labute approximate surface area is 264 Å². The number of aliphatic hydroxyl groups is 2. The van der Waals surface area contributed by atoms with E-state index in [1.165, 1.54) is 57.8 Å². The summed E-state index contributed by atoms with van der Waals surface area (Å²) in [5, 5.41) is 37.8. The lowest BCUT2D eigenvalue weighted by molar-refractivity contribution is -0.145. The lowest BCUT2D eigenvalue weighted by Gasteiger charge is -2.25. The summed E-state index contributed by atoms with van der Waals surface area (Å²) in [7, 11) is 0. The van der Waals surface area contributed by atoms with Crippen LogP contribution in [0.15, 0.2) is 24.3 Å². The Kier molecular flexibility index (Phi) is 30.5. The minimum atomic E-state index is -0.962. The first-order valence-electron chi connectivity index (χ1n) is 18.0. The predicted octanol–water partition coefficient (Wildman–Crippen LogP) is 10.0. The molecule has 0 bridgehead atoms. The van der Waals surface area contributed by atoms with Crippen LogP contribution in [-0.4, -0.2) is 45.1 Å². The van der Waals surface area contributed by atoms with Crippen LogP contribution in [0, 0.1) is 11.8 Å². The van der Waals surface area contributed by atoms with E-state index in [0.717, 1.165) is 96.3 Å². The minimum Gasteiger partial charge on any atom is -0.481 e. The molecular weight excluding hydrogens is 540 g/mol. The van der Waals surface area contributed by atoms with E-state index in [2.05, 4.69) is 31.2 Å². The maximum absolute atomic E-state index is 12.1. The van der Waals surface area contributed by atoms with Crippen molar-refractivity contribution in [2.24, 2.45) is 11.8 Å². The van der Waals surface area contributed by atoms with Crippen molar-refractivity contribution >= 4 is 11.9 Å². The molecule has 0 aromatic heterocycles. The first kappa shape index (κ1) is 41.3. The molecule has 4 N–H and O–H groups in total. The highest BCUT2D eigenvalue weighted by atomic mass is 16.4. The molecule has 0 aromatic rings. The highest BCUT2D eigenvalue weighted by molar-refractivity contribution is 5.70. The van der Waals surface area contributed by atoms with E-state index in [9.17, 15) is 24.9 Å². The normalized spacial score (nSPS) is 14.0. The number of allylic oxidation sites excluding steroid dienone is 4. The van der Waals surface area contributed by atoms with Gasteiger partial charge in [0.25, 0.3) is 0 Å². The number of carboxylic acid groups (broad SMARTS) is 2. The molecule has 0 saturated heterocycles. The van der Waals surface area contributed by atoms with Crippen molar-refractivity contribution in [3.63, 3.8) is 0 Å². The second kappa shape index (κ2) is 31.8. The largest absolute Gasteiger partial charge is 0.481 e. The molecule has 6 nitrogen and oxygen atoms in total. The van der Waals surface area contributed by atoms with Gasteiger partial charge in [0.15, 0.2) is 0 Å². The van der Waals surface area contributed by atoms with Gasteiger partial charge in [-0.05, 0) is 63.7 Å². The van der Waals surface area contributed by atoms with Crippen molar-refractivity contribution in [2.75, 3.05) is 6.61 Å². The van der Waals surface area contributed by atoms with Gasteiger partial charge in [-0.1, -0.05) is 134 Å². The summed E-state index contributed by atoms with van der Waals surface area (Å²) in [6.07, 6.45) is 35.7. The van der Waals surface area contributed by atoms with Crippen LogP contribution >= 0.6 is 0 Å². The van der Waals surface area contributed by atoms with E-state index >= 15 is 0 Å². The fraction of sp³-hybridized carbons (Fsp3) is 0.838. The van der Waals surface area contributed by atoms with Gasteiger partial charge in [0.2, 0.25) is 0 Å². The van der Waals surface area contributed by atoms with Crippen molar-refractivity contribution in [3.05, 3.63) is 24.3 Å². The van der Waals surface area contributed by atoms with Crippen LogP contribution in [0.3, 0.4) is 0 Å². The summed E-state index contributed by atoms with van der Waals surface area (Å²) in [4.78, 5) is 22.6. The monoisotopic (exact) mass is 609 g/mol. The summed E-state index contributed by atoms with van der Waals surface area (Å²) in [5.41, 5.74) is 0. The van der Waals surface area contributed by atoms with Gasteiger partial charge in [-0.25, -0.2) is 0 Å². The standard InChI is InChI=1S/C37H68O6/c1-2-3-4-5-6-7-13-16-19-22-25-28-33(35(37(42)43)31-34(39)32-38)29-26-23-20-17-14-11-9-8-10-12-15-18-21-24-27-30-36(40)41/h8,10-11,14,33-35,38-39H,2-7,9,12-13,15-32H2,1H3,(H,40,41)(H,42,43)/b10-8-,14-11-. The highest BCUT2D eigenvalue weighted by Gasteiger charge is 2.29. The molecular formula is C37H68O6. The third kappa shape index (κ3) is 28.8. The number of rotatable bonds is 33. The molecule has 0 radical (unpaired) electrons. The summed E-state index contributed by atoms with van der Waals surface area (Å²) in [6, 6.07) is 0. The number of aliphatic carboxylic acids is 2. The molecule has 6 heteroatoms. The van der Waals surface area contributed by atoms with Crippen molar-refractivity contribution < 1.29 is 30.0 Å². The molecule has 0 fully saturated rings. The van der Waals surface area contributed by atoms with Crippen LogP contribution < -0.4 is 0 Å². The van der Waals surface area contributed by atoms with Crippen LogP contribution in [-0.2, 0) is 9.59 Å². The fourth-order valence-corrected chi connectivity index (χ4v) is 5.90. The molecule has 252 valence electrons. The zero-order chi connectivity index (χ0) is 31.8. The highest BCUT2D eigenvalue weighted by Crippen LogP contribution is 2.29. The van der Waals surface area contributed by atoms with E-state index in [4.69, 9.17) is 5.11 Å². The minimum absolute atomic E-state index is 0.0580. The van der Waals surface area contributed by atoms with Crippen LogP contribution in [0.1, 0.15) is 174 Å². The van der Waals surface area contributed by atoms with Crippen molar-refractivity contribution in [2.45, 2.75) is 180 Å². The molecule has 0 spiro atoms. The summed E-state index contributed by atoms with van der Waals surface area (Å²) < 4.78 is 0. The van der Waals surface area contributed by atoms with Crippen LogP contribution in [0.25, 0.3) is 0 Å². The van der Waals surface area contributed by atoms with Gasteiger partial charge in [-0.15, -0.1) is 0 Å². The third-order valence-electron chi connectivity index (χ3n) is 8.61. The average Bonchev–Trinajstić information content (AvgIpc) is 2.98. The molecule has 0 aliphatic heterocycles. The zero-order valence-corrected chi connectivity index (χ0v) is 27.7. The Hall–Kier alpha value is -1.66. The van der Waals surface area contributed by atoms with E-state index in [1.54, 1.807) is 0 Å². The first-order valence-corrected chi connectivity index (χ1v) is 18.0. The van der Waals surface area contributed by atoms with Gasteiger partial charge in [-0.2, -0.15) is 0 Å². The van der Waals surface area contributed by atoms with E-state index in [0.29, 0.717) is 0 Å². The summed E-state index contributed by atoms with van der Waals surface area (Å²) in [6.45, 7) is 1.87. The third-order valence-corrected chi connectivity index (χ3v) is 8.61. The molecule has 43 heavy (non-hydrogen) atoms. The van der Waals surface area contributed by atoms with Crippen molar-refractivity contribution in [3.8, 4) is 0 Å². The quantitative estimate of drug-likeness (QED) is 0.0435. The molecule has 0 aromatic carbocycles. The van der Waals surface area contributed by atoms with Crippen LogP contribution in [0.4, 0.5) is 0 Å². The number of hydrogen-bond acceptors (Lipinski definition) is 4. The molecule has 0 rings (SSSR count). The lowest BCUT2D eigenvalue weighted by Crippen LogP contribution is -2.29. The average molecular weight is 609 g/mol. The van der Waals surface area contributed by atoms with Gasteiger partial charge in [0.05, 0.1) is 18.6 Å². The molecule has 0 heterocycles. The van der Waals surface area contributed by atoms with E-state index in [-0.39, 0.29) is 25.4 Å². The molecule has 0 saturated carbocycles.